The average molecular weight is 350 g/mol. The van der Waals surface area contributed by atoms with Crippen LogP contribution >= 0.6 is 0 Å². The minimum Gasteiger partial charge on any atom is -0.211 e. The zero-order valence-electron chi connectivity index (χ0n) is 15.7. The lowest BCUT2D eigenvalue weighted by Crippen LogP contribution is -2.74. The molecule has 5 heteroatoms. The van der Waals surface area contributed by atoms with Crippen LogP contribution in [0.25, 0.3) is 0 Å². The van der Waals surface area contributed by atoms with Crippen molar-refractivity contribution in [2.24, 2.45) is 4.99 Å². The van der Waals surface area contributed by atoms with E-state index in [0.29, 0.717) is 9.97 Å². The topological polar surface area (TPSA) is 29.4 Å². The number of isocyanates is 1. The third-order valence-electron chi connectivity index (χ3n) is 4.85. The van der Waals surface area contributed by atoms with Crippen LogP contribution in [-0.4, -0.2) is 30.3 Å². The number of benzene rings is 1. The highest BCUT2D eigenvalue weighted by atomic mass is 28.5. The van der Waals surface area contributed by atoms with Gasteiger partial charge in [0.05, 0.1) is 5.69 Å². The van der Waals surface area contributed by atoms with E-state index in [4.69, 9.17) is 0 Å². The van der Waals surface area contributed by atoms with Crippen LogP contribution in [0.15, 0.2) is 29.3 Å². The van der Waals surface area contributed by atoms with Crippen LogP contribution in [0.4, 0.5) is 5.69 Å². The van der Waals surface area contributed by atoms with E-state index in [1.807, 2.05) is 12.1 Å². The highest BCUT2D eigenvalue weighted by Crippen LogP contribution is 2.49. The maximum Gasteiger partial charge on any atom is 0.240 e. The van der Waals surface area contributed by atoms with Crippen molar-refractivity contribution in [3.05, 3.63) is 29.8 Å². The quantitative estimate of drug-likeness (QED) is 0.391. The van der Waals surface area contributed by atoms with E-state index in [1.165, 1.54) is 5.56 Å². The molecule has 1 aromatic carbocycles. The molecule has 22 heavy (non-hydrogen) atoms. The molecule has 0 amide bonds. The summed E-state index contributed by atoms with van der Waals surface area (Å²) < 4.78 is 0.371. The SMILES string of the molecule is C[Si](C)(C)C(c1ccc(N=C=O)cc1)([Si](C)(C)C)[Si](C)(C)C. The van der Waals surface area contributed by atoms with E-state index >= 15 is 0 Å². The minimum atomic E-state index is -1.47. The standard InChI is InChI=1S/C17H31NOSi3/c1-20(2,3)17(21(4,5)6,22(7,8)9)15-10-12-16(13-11-15)18-14-19/h10-13H,1-9H3. The molecule has 0 N–H and O–H groups in total. The molecule has 0 heterocycles. The second-order valence-electron chi connectivity index (χ2n) is 9.25. The smallest absolute Gasteiger partial charge is 0.211 e. The summed E-state index contributed by atoms with van der Waals surface area (Å²) in [5.41, 5.74) is 2.18. The Balaban J connectivity index is 3.74. The Morgan fingerprint density at radius 3 is 1.41 bits per heavy atom. The molecule has 0 unspecified atom stereocenters. The van der Waals surface area contributed by atoms with Crippen LogP contribution < -0.4 is 0 Å². The summed E-state index contributed by atoms with van der Waals surface area (Å²) in [7, 11) is -4.41. The Kier molecular flexibility index (Phi) is 5.30. The number of nitrogens with zero attached hydrogens (tertiary/aromatic N) is 1. The number of rotatable bonds is 5. The lowest BCUT2D eigenvalue weighted by atomic mass is 10.2. The van der Waals surface area contributed by atoms with Crippen LogP contribution in [-0.2, 0) is 9.08 Å². The summed E-state index contributed by atoms with van der Waals surface area (Å²) in [6.07, 6.45) is 1.63. The molecule has 0 aliphatic carbocycles. The first kappa shape index (κ1) is 19.3. The summed E-state index contributed by atoms with van der Waals surface area (Å²) in [5, 5.41) is 0. The maximum atomic E-state index is 10.5. The molecule has 2 nitrogen and oxygen atoms in total. The van der Waals surface area contributed by atoms with Crippen LogP contribution in [0.2, 0.25) is 58.9 Å². The van der Waals surface area contributed by atoms with E-state index in [0.717, 1.165) is 0 Å². The molecule has 0 saturated carbocycles. The van der Waals surface area contributed by atoms with E-state index < -0.39 is 24.2 Å². The van der Waals surface area contributed by atoms with E-state index in [1.54, 1.807) is 6.08 Å². The minimum absolute atomic E-state index is 0.371. The predicted octanol–water partition coefficient (Wildman–Crippen LogP) is 5.52. The summed E-state index contributed by atoms with van der Waals surface area (Å²) >= 11 is 0. The molecule has 0 aromatic heterocycles. The first-order chi connectivity index (χ1) is 9.79. The maximum absolute atomic E-state index is 10.5. The summed E-state index contributed by atoms with van der Waals surface area (Å²) in [6, 6.07) is 8.42. The lowest BCUT2D eigenvalue weighted by molar-refractivity contribution is 0.565. The number of aliphatic imine (C=N–C) groups is 1. The first-order valence-electron chi connectivity index (χ1n) is 7.97. The normalized spacial score (nSPS) is 13.7. The van der Waals surface area contributed by atoms with Crippen LogP contribution in [0.3, 0.4) is 0 Å². The third kappa shape index (κ3) is 3.13. The Morgan fingerprint density at radius 1 is 0.773 bits per heavy atom. The highest BCUT2D eigenvalue weighted by Gasteiger charge is 2.60. The molecule has 0 atom stereocenters. The van der Waals surface area contributed by atoms with Gasteiger partial charge in [-0.3, -0.25) is 0 Å². The van der Waals surface area contributed by atoms with Gasteiger partial charge in [0.25, 0.3) is 0 Å². The largest absolute Gasteiger partial charge is 0.240 e. The Morgan fingerprint density at radius 2 is 1.14 bits per heavy atom. The molecule has 0 aliphatic rings. The lowest BCUT2D eigenvalue weighted by Gasteiger charge is -2.59. The average Bonchev–Trinajstić information content (AvgIpc) is 2.26. The van der Waals surface area contributed by atoms with Crippen molar-refractivity contribution in [3.8, 4) is 0 Å². The van der Waals surface area contributed by atoms with Gasteiger partial charge < -0.3 is 0 Å². The predicted molar refractivity (Wildman–Crippen MR) is 106 cm³/mol. The van der Waals surface area contributed by atoms with Crippen molar-refractivity contribution >= 4 is 36.0 Å². The third-order valence-corrected chi connectivity index (χ3v) is 26.0. The zero-order valence-corrected chi connectivity index (χ0v) is 18.7. The monoisotopic (exact) mass is 349 g/mol. The van der Waals surface area contributed by atoms with E-state index in [2.05, 4.69) is 76.0 Å². The number of hydrogen-bond donors (Lipinski definition) is 0. The van der Waals surface area contributed by atoms with Crippen LogP contribution in [0.1, 0.15) is 5.56 Å². The van der Waals surface area contributed by atoms with Gasteiger partial charge in [-0.2, -0.15) is 4.99 Å². The molecule has 0 bridgehead atoms. The van der Waals surface area contributed by atoms with Crippen molar-refractivity contribution in [1.29, 1.82) is 0 Å². The number of carbonyl (C=O) groups excluding carboxylic acids is 1. The summed E-state index contributed by atoms with van der Waals surface area (Å²) in [5.74, 6) is 0. The van der Waals surface area contributed by atoms with Gasteiger partial charge in [-0.1, -0.05) is 71.1 Å². The molecule has 122 valence electrons. The van der Waals surface area contributed by atoms with Gasteiger partial charge in [-0.15, -0.1) is 0 Å². The molecule has 1 rings (SSSR count). The second-order valence-corrected chi connectivity index (χ2v) is 26.5. The van der Waals surface area contributed by atoms with Gasteiger partial charge in [0.15, 0.2) is 0 Å². The molecule has 0 aliphatic heterocycles. The fourth-order valence-corrected chi connectivity index (χ4v) is 35.6. The first-order valence-corrected chi connectivity index (χ1v) is 18.5. The highest BCUT2D eigenvalue weighted by molar-refractivity contribution is 7.14. The van der Waals surface area contributed by atoms with Gasteiger partial charge in [-0.05, 0) is 22.0 Å². The second kappa shape index (κ2) is 6.04. The molecule has 0 fully saturated rings. The van der Waals surface area contributed by atoms with Crippen LogP contribution in [0, 0.1) is 0 Å². The van der Waals surface area contributed by atoms with E-state index in [-0.39, 0.29) is 0 Å². The molecular formula is C17H31NOSi3. The molecule has 0 spiro atoms. The number of hydrogen-bond acceptors (Lipinski definition) is 2. The van der Waals surface area contributed by atoms with Crippen molar-refractivity contribution < 1.29 is 4.79 Å². The van der Waals surface area contributed by atoms with Gasteiger partial charge >= 0.3 is 0 Å². The van der Waals surface area contributed by atoms with Crippen LogP contribution in [0.5, 0.6) is 0 Å². The Bertz CT molecular complexity index is 532. The van der Waals surface area contributed by atoms with Gasteiger partial charge in [0.2, 0.25) is 6.08 Å². The van der Waals surface area contributed by atoms with Crippen molar-refractivity contribution in [3.63, 3.8) is 0 Å². The fraction of sp³-hybridized carbons (Fsp3) is 0.588. The summed E-state index contributed by atoms with van der Waals surface area (Å²) in [4.78, 5) is 14.2. The Hall–Kier alpha value is -0.749. The van der Waals surface area contributed by atoms with Crippen molar-refractivity contribution in [2.75, 3.05) is 0 Å². The fourth-order valence-electron chi connectivity index (χ4n) is 5.51. The molecule has 0 radical (unpaired) electrons. The van der Waals surface area contributed by atoms with Gasteiger partial charge in [-0.25, -0.2) is 4.79 Å². The summed E-state index contributed by atoms with van der Waals surface area (Å²) in [6.45, 7) is 22.8. The van der Waals surface area contributed by atoms with E-state index in [9.17, 15) is 4.79 Å². The zero-order chi connectivity index (χ0) is 17.4. The van der Waals surface area contributed by atoms with Crippen molar-refractivity contribution in [2.45, 2.75) is 63.2 Å². The van der Waals surface area contributed by atoms with Gasteiger partial charge in [0.1, 0.15) is 0 Å². The molecular weight excluding hydrogens is 318 g/mol. The Labute approximate surface area is 139 Å². The molecule has 0 saturated heterocycles. The molecule has 1 aromatic rings. The van der Waals surface area contributed by atoms with Gasteiger partial charge in [0, 0.05) is 24.2 Å². The van der Waals surface area contributed by atoms with Crippen molar-refractivity contribution in [1.82, 2.24) is 0 Å².